The van der Waals surface area contributed by atoms with Gasteiger partial charge in [-0.2, -0.15) is 0 Å². The minimum absolute atomic E-state index is 0.130. The van der Waals surface area contributed by atoms with Crippen molar-refractivity contribution in [2.24, 2.45) is 0 Å². The Morgan fingerprint density at radius 2 is 1.87 bits per heavy atom. The molecular weight excluding hydrogens is 254 g/mol. The second-order valence-electron chi connectivity index (χ2n) is 2.85. The van der Waals surface area contributed by atoms with Crippen molar-refractivity contribution in [2.75, 3.05) is 0 Å². The Hall–Kier alpha value is -0.830. The van der Waals surface area contributed by atoms with Crippen LogP contribution in [0.2, 0.25) is 15.5 Å². The molecule has 0 aliphatic carbocycles. The molecule has 0 atom stereocenters. The molecule has 1 heterocycles. The van der Waals surface area contributed by atoms with E-state index in [4.69, 9.17) is 34.8 Å². The lowest BCUT2D eigenvalue weighted by atomic mass is 10.1. The Morgan fingerprint density at radius 1 is 1.07 bits per heavy atom. The van der Waals surface area contributed by atoms with Gasteiger partial charge in [0.25, 0.3) is 0 Å². The molecule has 2 nitrogen and oxygen atoms in total. The molecule has 0 unspecified atom stereocenters. The second-order valence-corrected chi connectivity index (χ2v) is 3.99. The number of hydrogen-bond donors (Lipinski definition) is 0. The lowest BCUT2D eigenvalue weighted by molar-refractivity contribution is 1.17. The summed E-state index contributed by atoms with van der Waals surface area (Å²) in [5, 5.41) is 1.08. The van der Waals surface area contributed by atoms with E-state index in [0.717, 1.165) is 5.56 Å². The van der Waals surface area contributed by atoms with Gasteiger partial charge in [0.05, 0.1) is 0 Å². The molecule has 0 amide bonds. The van der Waals surface area contributed by atoms with Crippen molar-refractivity contribution in [3.63, 3.8) is 0 Å². The van der Waals surface area contributed by atoms with Crippen LogP contribution in [0.25, 0.3) is 11.1 Å². The van der Waals surface area contributed by atoms with Crippen molar-refractivity contribution < 1.29 is 0 Å². The first-order valence-corrected chi connectivity index (χ1v) is 5.24. The molecule has 2 aromatic rings. The summed E-state index contributed by atoms with van der Waals surface area (Å²) in [6.45, 7) is 0. The maximum Gasteiger partial charge on any atom is 0.223 e. The maximum atomic E-state index is 5.94. The highest BCUT2D eigenvalue weighted by molar-refractivity contribution is 6.34. The predicted molar refractivity (Wildman–Crippen MR) is 62.5 cm³/mol. The van der Waals surface area contributed by atoms with Crippen LogP contribution in [0.5, 0.6) is 0 Å². The number of benzene rings is 1. The van der Waals surface area contributed by atoms with Gasteiger partial charge in [0.2, 0.25) is 5.28 Å². The lowest BCUT2D eigenvalue weighted by Crippen LogP contribution is -1.87. The van der Waals surface area contributed by atoms with Crippen molar-refractivity contribution in [1.82, 2.24) is 9.97 Å². The second kappa shape index (κ2) is 4.35. The minimum atomic E-state index is 0.130. The molecule has 76 valence electrons. The highest BCUT2D eigenvalue weighted by atomic mass is 35.5. The molecule has 2 rings (SSSR count). The first kappa shape index (κ1) is 10.7. The first-order chi connectivity index (χ1) is 7.16. The number of aromatic nitrogens is 2. The number of nitrogens with zero attached hydrogens (tertiary/aromatic N) is 2. The van der Waals surface area contributed by atoms with E-state index in [1.165, 1.54) is 0 Å². The van der Waals surface area contributed by atoms with Crippen LogP contribution in [-0.4, -0.2) is 9.97 Å². The fraction of sp³-hybridized carbons (Fsp3) is 0. The van der Waals surface area contributed by atoms with Crippen molar-refractivity contribution in [2.45, 2.75) is 0 Å². The topological polar surface area (TPSA) is 25.8 Å². The van der Waals surface area contributed by atoms with E-state index in [-0.39, 0.29) is 5.28 Å². The van der Waals surface area contributed by atoms with E-state index in [9.17, 15) is 0 Å². The summed E-state index contributed by atoms with van der Waals surface area (Å²) in [7, 11) is 0. The Morgan fingerprint density at radius 3 is 2.53 bits per heavy atom. The average Bonchev–Trinajstić information content (AvgIpc) is 2.17. The number of halogens is 3. The largest absolute Gasteiger partial charge is 0.226 e. The fourth-order valence-corrected chi connectivity index (χ4v) is 1.80. The molecule has 5 heteroatoms. The summed E-state index contributed by atoms with van der Waals surface area (Å²) >= 11 is 17.4. The molecule has 0 spiro atoms. The highest BCUT2D eigenvalue weighted by Gasteiger charge is 2.06. The smallest absolute Gasteiger partial charge is 0.223 e. The van der Waals surface area contributed by atoms with Crippen molar-refractivity contribution in [3.05, 3.63) is 45.9 Å². The molecule has 0 radical (unpaired) electrons. The molecule has 0 saturated carbocycles. The molecular formula is C10H5Cl3N2. The molecule has 0 aliphatic rings. The molecule has 15 heavy (non-hydrogen) atoms. The van der Waals surface area contributed by atoms with Gasteiger partial charge >= 0.3 is 0 Å². The molecule has 0 N–H and O–H groups in total. The van der Waals surface area contributed by atoms with Crippen LogP contribution in [0.4, 0.5) is 0 Å². The Kier molecular flexibility index (Phi) is 3.10. The van der Waals surface area contributed by atoms with E-state index in [1.807, 2.05) is 12.1 Å². The number of rotatable bonds is 1. The Labute approximate surface area is 102 Å². The third-order valence-electron chi connectivity index (χ3n) is 1.85. The lowest BCUT2D eigenvalue weighted by Gasteiger charge is -2.03. The van der Waals surface area contributed by atoms with Crippen LogP contribution < -0.4 is 0 Å². The van der Waals surface area contributed by atoms with Gasteiger partial charge in [0.15, 0.2) is 0 Å². The Balaban J connectivity index is 2.54. The van der Waals surface area contributed by atoms with Gasteiger partial charge in [0, 0.05) is 16.8 Å². The molecule has 0 saturated heterocycles. The van der Waals surface area contributed by atoms with Crippen LogP contribution >= 0.6 is 34.8 Å². The summed E-state index contributed by atoms with van der Waals surface area (Å²) in [4.78, 5) is 7.73. The molecule has 0 aliphatic heterocycles. The van der Waals surface area contributed by atoms with Crippen molar-refractivity contribution in [1.29, 1.82) is 0 Å². The van der Waals surface area contributed by atoms with E-state index in [0.29, 0.717) is 15.7 Å². The third kappa shape index (κ3) is 2.40. The summed E-state index contributed by atoms with van der Waals surface area (Å²) in [5.74, 6) is 0. The van der Waals surface area contributed by atoms with Crippen LogP contribution in [0.15, 0.2) is 30.5 Å². The standard InChI is InChI=1S/C10H5Cl3N2/c11-7-3-1-2-6(4-7)8-5-14-10(13)15-9(8)12/h1-5H. The predicted octanol–water partition coefficient (Wildman–Crippen LogP) is 4.10. The zero-order chi connectivity index (χ0) is 10.8. The van der Waals surface area contributed by atoms with Crippen LogP contribution in [0, 0.1) is 0 Å². The van der Waals surface area contributed by atoms with E-state index >= 15 is 0 Å². The zero-order valence-electron chi connectivity index (χ0n) is 7.42. The fourth-order valence-electron chi connectivity index (χ4n) is 1.19. The minimum Gasteiger partial charge on any atom is -0.226 e. The summed E-state index contributed by atoms with van der Waals surface area (Å²) < 4.78 is 0. The number of hydrogen-bond acceptors (Lipinski definition) is 2. The Bertz CT molecular complexity index is 500. The third-order valence-corrected chi connectivity index (χ3v) is 2.55. The van der Waals surface area contributed by atoms with Gasteiger partial charge in [-0.15, -0.1) is 0 Å². The zero-order valence-corrected chi connectivity index (χ0v) is 9.68. The summed E-state index contributed by atoms with van der Waals surface area (Å²) in [6.07, 6.45) is 1.57. The highest BCUT2D eigenvalue weighted by Crippen LogP contribution is 2.27. The first-order valence-electron chi connectivity index (χ1n) is 4.11. The van der Waals surface area contributed by atoms with Gasteiger partial charge in [-0.1, -0.05) is 35.3 Å². The molecule has 1 aromatic heterocycles. The van der Waals surface area contributed by atoms with Gasteiger partial charge in [-0.25, -0.2) is 9.97 Å². The van der Waals surface area contributed by atoms with Gasteiger partial charge in [-0.3, -0.25) is 0 Å². The summed E-state index contributed by atoms with van der Waals surface area (Å²) in [5.41, 5.74) is 1.58. The summed E-state index contributed by atoms with van der Waals surface area (Å²) in [6, 6.07) is 7.29. The molecule has 1 aromatic carbocycles. The van der Waals surface area contributed by atoms with Gasteiger partial charge in [-0.05, 0) is 29.3 Å². The maximum absolute atomic E-state index is 5.94. The molecule has 0 bridgehead atoms. The SMILES string of the molecule is Clc1cccc(-c2cnc(Cl)nc2Cl)c1. The molecule has 0 fully saturated rings. The van der Waals surface area contributed by atoms with Gasteiger partial charge < -0.3 is 0 Å². The van der Waals surface area contributed by atoms with E-state index in [1.54, 1.807) is 18.3 Å². The average molecular weight is 260 g/mol. The van der Waals surface area contributed by atoms with Crippen molar-refractivity contribution in [3.8, 4) is 11.1 Å². The van der Waals surface area contributed by atoms with Crippen LogP contribution in [0.1, 0.15) is 0 Å². The van der Waals surface area contributed by atoms with Crippen molar-refractivity contribution >= 4 is 34.8 Å². The normalized spacial score (nSPS) is 10.3. The quantitative estimate of drug-likeness (QED) is 0.569. The van der Waals surface area contributed by atoms with Crippen LogP contribution in [-0.2, 0) is 0 Å². The van der Waals surface area contributed by atoms with Gasteiger partial charge in [0.1, 0.15) is 5.15 Å². The van der Waals surface area contributed by atoms with E-state index < -0.39 is 0 Å². The van der Waals surface area contributed by atoms with Crippen LogP contribution in [0.3, 0.4) is 0 Å². The monoisotopic (exact) mass is 258 g/mol. The van der Waals surface area contributed by atoms with E-state index in [2.05, 4.69) is 9.97 Å².